The van der Waals surface area contributed by atoms with Crippen molar-refractivity contribution < 1.29 is 4.74 Å². The molecule has 13 heavy (non-hydrogen) atoms. The number of hydrogen-bond acceptors (Lipinski definition) is 4. The van der Waals surface area contributed by atoms with Gasteiger partial charge >= 0.3 is 0 Å². The van der Waals surface area contributed by atoms with Crippen molar-refractivity contribution in [3.05, 3.63) is 0 Å². The molecule has 0 aromatic carbocycles. The van der Waals surface area contributed by atoms with Crippen LogP contribution in [0.3, 0.4) is 0 Å². The Bertz CT molecular complexity index is 169. The van der Waals surface area contributed by atoms with E-state index in [0.29, 0.717) is 11.3 Å². The number of nitrogens with two attached hydrogens (primary N) is 2. The van der Waals surface area contributed by atoms with Crippen LogP contribution in [0.15, 0.2) is 5.10 Å². The predicted molar refractivity (Wildman–Crippen MR) is 56.5 cm³/mol. The molecule has 76 valence electrons. The van der Waals surface area contributed by atoms with Gasteiger partial charge in [-0.1, -0.05) is 11.8 Å². The van der Waals surface area contributed by atoms with E-state index in [1.165, 1.54) is 24.6 Å². The average molecular weight is 203 g/mol. The van der Waals surface area contributed by atoms with Crippen molar-refractivity contribution in [2.45, 2.75) is 31.8 Å². The summed E-state index contributed by atoms with van der Waals surface area (Å²) in [4.78, 5) is 0. The Labute approximate surface area is 83.1 Å². The molecule has 0 spiro atoms. The van der Waals surface area contributed by atoms with Gasteiger partial charge in [0.15, 0.2) is 5.17 Å². The first-order valence-corrected chi connectivity index (χ1v) is 5.59. The third-order valence-corrected chi connectivity index (χ3v) is 2.97. The quantitative estimate of drug-likeness (QED) is 0.234. The van der Waals surface area contributed by atoms with E-state index in [1.54, 1.807) is 0 Å². The summed E-state index contributed by atoms with van der Waals surface area (Å²) in [6.07, 6.45) is 5.16. The first-order valence-electron chi connectivity index (χ1n) is 4.60. The summed E-state index contributed by atoms with van der Waals surface area (Å²) in [5.74, 6) is 5.97. The molecule has 1 aliphatic heterocycles. The SMILES string of the molecule is NN=C(N)SCCCC1CCCO1. The molecule has 1 fully saturated rings. The maximum Gasteiger partial charge on any atom is 0.177 e. The van der Waals surface area contributed by atoms with E-state index >= 15 is 0 Å². The summed E-state index contributed by atoms with van der Waals surface area (Å²) in [5.41, 5.74) is 5.42. The van der Waals surface area contributed by atoms with Gasteiger partial charge in [0.1, 0.15) is 0 Å². The second kappa shape index (κ2) is 6.10. The van der Waals surface area contributed by atoms with Gasteiger partial charge in [0.05, 0.1) is 6.10 Å². The number of rotatable bonds is 4. The molecule has 0 aliphatic carbocycles. The highest BCUT2D eigenvalue weighted by molar-refractivity contribution is 8.13. The van der Waals surface area contributed by atoms with E-state index in [2.05, 4.69) is 5.10 Å². The van der Waals surface area contributed by atoms with Crippen molar-refractivity contribution in [1.29, 1.82) is 0 Å². The molecule has 1 saturated heterocycles. The maximum absolute atomic E-state index is 5.49. The fourth-order valence-electron chi connectivity index (χ4n) is 1.40. The largest absolute Gasteiger partial charge is 0.378 e. The monoisotopic (exact) mass is 203 g/mol. The lowest BCUT2D eigenvalue weighted by molar-refractivity contribution is 0.104. The molecule has 4 N–H and O–H groups in total. The molecule has 0 bridgehead atoms. The highest BCUT2D eigenvalue weighted by Gasteiger charge is 2.14. The molecule has 1 aliphatic rings. The van der Waals surface area contributed by atoms with Gasteiger partial charge < -0.3 is 16.3 Å². The molecule has 1 unspecified atom stereocenters. The van der Waals surface area contributed by atoms with Crippen LogP contribution in [0.2, 0.25) is 0 Å². The summed E-state index contributed by atoms with van der Waals surface area (Å²) in [7, 11) is 0. The van der Waals surface area contributed by atoms with Crippen LogP contribution in [0.25, 0.3) is 0 Å². The van der Waals surface area contributed by atoms with Crippen LogP contribution in [0.4, 0.5) is 0 Å². The zero-order chi connectivity index (χ0) is 9.52. The van der Waals surface area contributed by atoms with Crippen molar-refractivity contribution in [3.8, 4) is 0 Å². The lowest BCUT2D eigenvalue weighted by Crippen LogP contribution is -2.11. The number of thioether (sulfide) groups is 1. The standard InChI is InChI=1S/C8H17N3OS/c9-8(11-10)13-6-2-4-7-3-1-5-12-7/h7H,1-6,10H2,(H2,9,11). The van der Waals surface area contributed by atoms with Crippen LogP contribution in [0, 0.1) is 0 Å². The van der Waals surface area contributed by atoms with Gasteiger partial charge in [0.25, 0.3) is 0 Å². The van der Waals surface area contributed by atoms with Crippen molar-refractivity contribution >= 4 is 16.9 Å². The second-order valence-corrected chi connectivity index (χ2v) is 4.21. The Kier molecular flexibility index (Phi) is 5.00. The minimum Gasteiger partial charge on any atom is -0.378 e. The highest BCUT2D eigenvalue weighted by atomic mass is 32.2. The van der Waals surface area contributed by atoms with Gasteiger partial charge in [0, 0.05) is 12.4 Å². The Morgan fingerprint density at radius 3 is 3.08 bits per heavy atom. The zero-order valence-electron chi connectivity index (χ0n) is 7.74. The lowest BCUT2D eigenvalue weighted by atomic mass is 10.1. The van der Waals surface area contributed by atoms with Crippen LogP contribution in [-0.4, -0.2) is 23.6 Å². The zero-order valence-corrected chi connectivity index (χ0v) is 8.55. The smallest absolute Gasteiger partial charge is 0.177 e. The minimum atomic E-state index is 0.465. The van der Waals surface area contributed by atoms with Gasteiger partial charge in [-0.2, -0.15) is 5.10 Å². The molecule has 1 atom stereocenters. The summed E-state index contributed by atoms with van der Waals surface area (Å²) in [5, 5.41) is 3.85. The Morgan fingerprint density at radius 2 is 2.46 bits per heavy atom. The van der Waals surface area contributed by atoms with Crippen LogP contribution in [0.1, 0.15) is 25.7 Å². The third kappa shape index (κ3) is 4.38. The van der Waals surface area contributed by atoms with Crippen molar-refractivity contribution in [2.75, 3.05) is 12.4 Å². The van der Waals surface area contributed by atoms with Gasteiger partial charge in [-0.3, -0.25) is 0 Å². The Morgan fingerprint density at radius 1 is 1.62 bits per heavy atom. The van der Waals surface area contributed by atoms with E-state index in [1.807, 2.05) is 0 Å². The van der Waals surface area contributed by atoms with Gasteiger partial charge in [-0.15, -0.1) is 0 Å². The van der Waals surface area contributed by atoms with E-state index in [4.69, 9.17) is 16.3 Å². The molecular formula is C8H17N3OS. The molecule has 5 heteroatoms. The van der Waals surface area contributed by atoms with E-state index in [0.717, 1.165) is 25.2 Å². The Hall–Kier alpha value is -0.420. The van der Waals surface area contributed by atoms with Gasteiger partial charge in [-0.25, -0.2) is 0 Å². The Balaban J connectivity index is 1.94. The summed E-state index contributed by atoms with van der Waals surface area (Å²) >= 11 is 1.51. The first kappa shape index (κ1) is 10.7. The van der Waals surface area contributed by atoms with E-state index in [9.17, 15) is 0 Å². The number of hydrazone groups is 1. The summed E-state index contributed by atoms with van der Waals surface area (Å²) in [6.45, 7) is 0.935. The molecule has 0 amide bonds. The minimum absolute atomic E-state index is 0.465. The molecule has 0 aromatic rings. The first-order chi connectivity index (χ1) is 6.33. The molecule has 0 radical (unpaired) electrons. The summed E-state index contributed by atoms with van der Waals surface area (Å²) in [6, 6.07) is 0. The van der Waals surface area contributed by atoms with E-state index in [-0.39, 0.29) is 0 Å². The van der Waals surface area contributed by atoms with Crippen LogP contribution in [-0.2, 0) is 4.74 Å². The lowest BCUT2D eigenvalue weighted by Gasteiger charge is -2.07. The number of ether oxygens (including phenoxy) is 1. The number of amidine groups is 1. The topological polar surface area (TPSA) is 73.6 Å². The van der Waals surface area contributed by atoms with Crippen LogP contribution in [0.5, 0.6) is 0 Å². The van der Waals surface area contributed by atoms with Gasteiger partial charge in [0.2, 0.25) is 0 Å². The van der Waals surface area contributed by atoms with Crippen molar-refractivity contribution in [3.63, 3.8) is 0 Å². The van der Waals surface area contributed by atoms with Crippen molar-refractivity contribution in [1.82, 2.24) is 0 Å². The average Bonchev–Trinajstić information content (AvgIpc) is 2.64. The molecule has 0 aromatic heterocycles. The molecular weight excluding hydrogens is 186 g/mol. The molecule has 1 rings (SSSR count). The van der Waals surface area contributed by atoms with Crippen molar-refractivity contribution in [2.24, 2.45) is 16.7 Å². The number of nitrogens with zero attached hydrogens (tertiary/aromatic N) is 1. The molecule has 0 saturated carbocycles. The van der Waals surface area contributed by atoms with E-state index < -0.39 is 0 Å². The molecule has 4 nitrogen and oxygen atoms in total. The fraction of sp³-hybridized carbons (Fsp3) is 0.875. The fourth-order valence-corrected chi connectivity index (χ4v) is 1.99. The predicted octanol–water partition coefficient (Wildman–Crippen LogP) is 0.867. The van der Waals surface area contributed by atoms with Gasteiger partial charge in [-0.05, 0) is 25.7 Å². The normalized spacial score (nSPS) is 23.7. The number of hydrogen-bond donors (Lipinski definition) is 2. The van der Waals surface area contributed by atoms with Crippen LogP contribution < -0.4 is 11.6 Å². The van der Waals surface area contributed by atoms with Crippen LogP contribution >= 0.6 is 11.8 Å². The maximum atomic E-state index is 5.49. The second-order valence-electron chi connectivity index (χ2n) is 3.09. The summed E-state index contributed by atoms with van der Waals surface area (Å²) < 4.78 is 5.49. The highest BCUT2D eigenvalue weighted by Crippen LogP contribution is 2.17. The third-order valence-electron chi connectivity index (χ3n) is 2.07. The molecule has 1 heterocycles.